The summed E-state index contributed by atoms with van der Waals surface area (Å²) in [6.45, 7) is 7.41. The molecule has 0 fully saturated rings. The first-order chi connectivity index (χ1) is 14.5. The summed E-state index contributed by atoms with van der Waals surface area (Å²) in [5, 5.41) is 5.67. The number of hydrogen-bond donors (Lipinski definition) is 1. The lowest BCUT2D eigenvalue weighted by atomic mass is 9.98. The van der Waals surface area contributed by atoms with Crippen molar-refractivity contribution in [3.63, 3.8) is 0 Å². The fourth-order valence-electron chi connectivity index (χ4n) is 4.03. The van der Waals surface area contributed by atoms with Gasteiger partial charge in [0.25, 0.3) is 0 Å². The second-order valence-electron chi connectivity index (χ2n) is 7.57. The first kappa shape index (κ1) is 18.8. The molecule has 1 aliphatic rings. The van der Waals surface area contributed by atoms with Crippen molar-refractivity contribution in [2.45, 2.75) is 40.3 Å². The zero-order valence-corrected chi connectivity index (χ0v) is 18.1. The Morgan fingerprint density at radius 3 is 2.87 bits per heavy atom. The van der Waals surface area contributed by atoms with Gasteiger partial charge in [0.15, 0.2) is 11.6 Å². The van der Waals surface area contributed by atoms with Gasteiger partial charge >= 0.3 is 0 Å². The highest BCUT2D eigenvalue weighted by Crippen LogP contribution is 2.37. The maximum atomic E-state index is 6.18. The number of rotatable bonds is 1. The molecule has 0 unspecified atom stereocenters. The molecule has 30 heavy (non-hydrogen) atoms. The van der Waals surface area contributed by atoms with Crippen LogP contribution in [0.5, 0.6) is 5.75 Å². The first-order valence-electron chi connectivity index (χ1n) is 10.0. The fraction of sp³-hybridized carbons (Fsp3) is 0.261. The zero-order valence-electron chi connectivity index (χ0n) is 17.3. The number of nitrogens with two attached hydrogens (primary N) is 1. The van der Waals surface area contributed by atoms with Crippen molar-refractivity contribution >= 4 is 17.2 Å². The lowest BCUT2D eigenvalue weighted by molar-refractivity contribution is 0.307. The molecule has 4 heterocycles. The van der Waals surface area contributed by atoms with Gasteiger partial charge in [-0.1, -0.05) is 23.8 Å². The van der Waals surface area contributed by atoms with E-state index in [-0.39, 0.29) is 0 Å². The Morgan fingerprint density at radius 1 is 1.17 bits per heavy atom. The Balaban J connectivity index is 1.78. The third-order valence-electron chi connectivity index (χ3n) is 5.42. The zero-order chi connectivity index (χ0) is 20.8. The Labute approximate surface area is 179 Å². The summed E-state index contributed by atoms with van der Waals surface area (Å²) in [6.07, 6.45) is 4.53. The van der Waals surface area contributed by atoms with Crippen LogP contribution in [-0.4, -0.2) is 19.7 Å². The van der Waals surface area contributed by atoms with Gasteiger partial charge in [-0.25, -0.2) is 9.97 Å². The van der Waals surface area contributed by atoms with Gasteiger partial charge in [0.2, 0.25) is 0 Å². The molecule has 0 radical (unpaired) electrons. The van der Waals surface area contributed by atoms with Gasteiger partial charge in [-0.3, -0.25) is 4.68 Å². The summed E-state index contributed by atoms with van der Waals surface area (Å²) < 4.78 is 8.18. The monoisotopic (exact) mass is 417 g/mol. The van der Waals surface area contributed by atoms with Gasteiger partial charge in [0.1, 0.15) is 6.61 Å². The number of thiazole rings is 1. The van der Waals surface area contributed by atoms with Gasteiger partial charge in [-0.15, -0.1) is 11.3 Å². The molecule has 5 rings (SSSR count). The van der Waals surface area contributed by atoms with Gasteiger partial charge in [0, 0.05) is 40.7 Å². The van der Waals surface area contributed by atoms with Crippen LogP contribution in [0.4, 0.5) is 5.82 Å². The Morgan fingerprint density at radius 2 is 2.03 bits per heavy atom. The van der Waals surface area contributed by atoms with E-state index in [1.54, 1.807) is 17.5 Å². The SMILES string of the molecule is CCn1ncc2c1-c1cnc(N)c(c1)OCc1cc(C)ccc1-c1nc(C)sc1C2. The Kier molecular flexibility index (Phi) is 4.55. The molecule has 1 aliphatic heterocycles. The van der Waals surface area contributed by atoms with Crippen molar-refractivity contribution < 1.29 is 4.74 Å². The first-order valence-corrected chi connectivity index (χ1v) is 10.8. The van der Waals surface area contributed by atoms with E-state index in [2.05, 4.69) is 49.1 Å². The van der Waals surface area contributed by atoms with E-state index in [4.69, 9.17) is 15.5 Å². The van der Waals surface area contributed by atoms with E-state index >= 15 is 0 Å². The average molecular weight is 418 g/mol. The second kappa shape index (κ2) is 7.25. The van der Waals surface area contributed by atoms with Gasteiger partial charge < -0.3 is 10.5 Å². The van der Waals surface area contributed by atoms with Crippen molar-refractivity contribution in [2.24, 2.45) is 0 Å². The van der Waals surface area contributed by atoms with Crippen LogP contribution in [0, 0.1) is 13.8 Å². The molecule has 6 nitrogen and oxygen atoms in total. The summed E-state index contributed by atoms with van der Waals surface area (Å²) in [5.41, 5.74) is 13.7. The number of aryl methyl sites for hydroxylation is 3. The normalized spacial score (nSPS) is 12.8. The summed E-state index contributed by atoms with van der Waals surface area (Å²) >= 11 is 1.74. The molecule has 0 saturated carbocycles. The number of ether oxygens (including phenoxy) is 1. The Bertz CT molecular complexity index is 1260. The number of hydrogen-bond acceptors (Lipinski definition) is 6. The van der Waals surface area contributed by atoms with Crippen molar-refractivity contribution in [3.8, 4) is 28.3 Å². The number of fused-ring (bicyclic) bond motifs is 7. The lowest BCUT2D eigenvalue weighted by Crippen LogP contribution is -2.06. The van der Waals surface area contributed by atoms with E-state index in [9.17, 15) is 0 Å². The summed E-state index contributed by atoms with van der Waals surface area (Å²) in [4.78, 5) is 10.5. The highest BCUT2D eigenvalue weighted by Gasteiger charge is 2.21. The van der Waals surface area contributed by atoms with Crippen molar-refractivity contribution in [3.05, 3.63) is 63.2 Å². The molecule has 1 aromatic carbocycles. The van der Waals surface area contributed by atoms with Crippen molar-refractivity contribution in [1.82, 2.24) is 19.7 Å². The Hall–Kier alpha value is -3.19. The number of aromatic nitrogens is 4. The number of nitrogens with zero attached hydrogens (tertiary/aromatic N) is 4. The molecule has 0 atom stereocenters. The van der Waals surface area contributed by atoms with Crippen LogP contribution in [0.2, 0.25) is 0 Å². The molecule has 0 spiro atoms. The van der Waals surface area contributed by atoms with Crippen LogP contribution >= 0.6 is 11.3 Å². The third kappa shape index (κ3) is 3.15. The minimum absolute atomic E-state index is 0.388. The van der Waals surface area contributed by atoms with Crippen LogP contribution in [0.1, 0.15) is 33.5 Å². The summed E-state index contributed by atoms with van der Waals surface area (Å²) in [6, 6.07) is 8.41. The van der Waals surface area contributed by atoms with Crippen molar-refractivity contribution in [2.75, 3.05) is 5.73 Å². The van der Waals surface area contributed by atoms with Gasteiger partial charge in [-0.05, 0) is 32.4 Å². The van der Waals surface area contributed by atoms with E-state index in [0.717, 1.165) is 51.6 Å². The summed E-state index contributed by atoms with van der Waals surface area (Å²) in [7, 11) is 0. The molecule has 152 valence electrons. The third-order valence-corrected chi connectivity index (χ3v) is 6.40. The number of anilines is 1. The van der Waals surface area contributed by atoms with E-state index < -0.39 is 0 Å². The van der Waals surface area contributed by atoms with Gasteiger partial charge in [0.05, 0.1) is 22.6 Å². The molecular formula is C23H23N5OS. The highest BCUT2D eigenvalue weighted by molar-refractivity contribution is 7.12. The lowest BCUT2D eigenvalue weighted by Gasteiger charge is -2.16. The number of benzene rings is 1. The maximum absolute atomic E-state index is 6.18. The highest BCUT2D eigenvalue weighted by atomic mass is 32.1. The smallest absolute Gasteiger partial charge is 0.166 e. The maximum Gasteiger partial charge on any atom is 0.166 e. The molecule has 0 saturated heterocycles. The van der Waals surface area contributed by atoms with E-state index in [1.165, 1.54) is 10.4 Å². The average Bonchev–Trinajstić information content (AvgIpc) is 3.30. The topological polar surface area (TPSA) is 78.9 Å². The predicted molar refractivity (Wildman–Crippen MR) is 120 cm³/mol. The number of pyridine rings is 1. The van der Waals surface area contributed by atoms with Crippen molar-refractivity contribution in [1.29, 1.82) is 0 Å². The standard InChI is InChI=1S/C23H23N5OS/c1-4-28-22-15-8-19(23(24)25-10-15)29-12-17-7-13(2)5-6-18(17)21-20(30-14(3)27-21)9-16(22)11-26-28/h5-8,10-11H,4,9,12H2,1-3H3,(H2,24,25). The largest absolute Gasteiger partial charge is 0.485 e. The quantitative estimate of drug-likeness (QED) is 0.483. The molecule has 3 aromatic heterocycles. The molecule has 2 N–H and O–H groups in total. The van der Waals surface area contributed by atoms with Crippen LogP contribution in [0.3, 0.4) is 0 Å². The van der Waals surface area contributed by atoms with E-state index in [0.29, 0.717) is 18.2 Å². The molecule has 4 aromatic rings. The minimum Gasteiger partial charge on any atom is -0.485 e. The molecule has 0 amide bonds. The number of nitrogen functional groups attached to an aromatic ring is 1. The molecular weight excluding hydrogens is 394 g/mol. The second-order valence-corrected chi connectivity index (χ2v) is 8.86. The minimum atomic E-state index is 0.388. The summed E-state index contributed by atoms with van der Waals surface area (Å²) in [5.74, 6) is 0.976. The molecule has 0 aliphatic carbocycles. The van der Waals surface area contributed by atoms with E-state index in [1.807, 2.05) is 16.9 Å². The van der Waals surface area contributed by atoms with Crippen LogP contribution < -0.4 is 10.5 Å². The van der Waals surface area contributed by atoms with Gasteiger partial charge in [-0.2, -0.15) is 5.10 Å². The molecule has 2 bridgehead atoms. The molecule has 7 heteroatoms. The fourth-order valence-corrected chi connectivity index (χ4v) is 5.00. The van der Waals surface area contributed by atoms with Crippen LogP contribution in [-0.2, 0) is 19.6 Å². The van der Waals surface area contributed by atoms with Crippen LogP contribution in [0.25, 0.3) is 22.5 Å². The predicted octanol–water partition coefficient (Wildman–Crippen LogP) is 4.77. The van der Waals surface area contributed by atoms with Crippen LogP contribution in [0.15, 0.2) is 36.7 Å².